The largest absolute Gasteiger partial charge is 0.388 e. The lowest BCUT2D eigenvalue weighted by Crippen LogP contribution is -2.08. The average molecular weight is 317 g/mol. The lowest BCUT2D eigenvalue weighted by Gasteiger charge is -2.21. The molecule has 0 aliphatic carbocycles. The lowest BCUT2D eigenvalue weighted by atomic mass is 9.83. The third-order valence-electron chi connectivity index (χ3n) is 4.68. The Labute approximate surface area is 143 Å². The van der Waals surface area contributed by atoms with Gasteiger partial charge >= 0.3 is 0 Å². The molecule has 2 heteroatoms. The van der Waals surface area contributed by atoms with Gasteiger partial charge in [-0.1, -0.05) is 48.5 Å². The minimum Gasteiger partial charge on any atom is -0.388 e. The van der Waals surface area contributed by atoms with Crippen LogP contribution in [0, 0.1) is 6.92 Å². The van der Waals surface area contributed by atoms with Gasteiger partial charge in [0, 0.05) is 25.1 Å². The Balaban J connectivity index is 2.15. The fraction of sp³-hybridized carbons (Fsp3) is 0.227. The van der Waals surface area contributed by atoms with Crippen molar-refractivity contribution in [2.24, 2.45) is 0 Å². The molecule has 3 aromatic carbocycles. The number of benzene rings is 3. The van der Waals surface area contributed by atoms with Gasteiger partial charge < -0.3 is 5.32 Å². The first kappa shape index (κ1) is 16.3. The minimum atomic E-state index is 0.0837. The Bertz CT molecular complexity index is 882. The molecule has 122 valence electrons. The molecule has 0 fully saturated rings. The third kappa shape index (κ3) is 3.18. The van der Waals surface area contributed by atoms with E-state index >= 15 is 0 Å². The minimum absolute atomic E-state index is 0.0837. The molecule has 0 aliphatic heterocycles. The number of carbonyl (C=O) groups excluding carboxylic acids is 1. The van der Waals surface area contributed by atoms with Crippen molar-refractivity contribution in [2.75, 3.05) is 12.4 Å². The quantitative estimate of drug-likeness (QED) is 0.691. The molecule has 0 aliphatic rings. The van der Waals surface area contributed by atoms with Gasteiger partial charge in [0.15, 0.2) is 0 Å². The SMILES string of the molecule is CNc1cccc(C(CC(C)=O)c2ccc3ccccc3c2C)c1. The summed E-state index contributed by atoms with van der Waals surface area (Å²) in [6, 6.07) is 21.1. The highest BCUT2D eigenvalue weighted by atomic mass is 16.1. The summed E-state index contributed by atoms with van der Waals surface area (Å²) < 4.78 is 0. The normalized spacial score (nSPS) is 12.1. The summed E-state index contributed by atoms with van der Waals surface area (Å²) in [5, 5.41) is 5.68. The number of carbonyl (C=O) groups is 1. The van der Waals surface area contributed by atoms with Gasteiger partial charge in [0.2, 0.25) is 0 Å². The standard InChI is InChI=1S/C22H23NO/c1-15(24)13-22(18-8-6-9-19(14-18)23-3)21-12-11-17-7-4-5-10-20(17)16(21)2/h4-12,14,22-23H,13H2,1-3H3. The highest BCUT2D eigenvalue weighted by Crippen LogP contribution is 2.34. The predicted octanol–water partition coefficient (Wildman–Crippen LogP) is 5.30. The van der Waals surface area contributed by atoms with Gasteiger partial charge in [0.25, 0.3) is 0 Å². The van der Waals surface area contributed by atoms with E-state index in [0.29, 0.717) is 6.42 Å². The van der Waals surface area contributed by atoms with E-state index in [1.54, 1.807) is 6.92 Å². The van der Waals surface area contributed by atoms with Crippen molar-refractivity contribution in [1.29, 1.82) is 0 Å². The molecular formula is C22H23NO. The molecule has 0 heterocycles. The summed E-state index contributed by atoms with van der Waals surface area (Å²) in [6.45, 7) is 3.83. The van der Waals surface area contributed by atoms with Crippen LogP contribution in [0.2, 0.25) is 0 Å². The highest BCUT2D eigenvalue weighted by molar-refractivity contribution is 5.87. The van der Waals surface area contributed by atoms with Crippen molar-refractivity contribution >= 4 is 22.2 Å². The van der Waals surface area contributed by atoms with E-state index in [9.17, 15) is 4.79 Å². The predicted molar refractivity (Wildman–Crippen MR) is 102 cm³/mol. The first-order valence-electron chi connectivity index (χ1n) is 8.35. The van der Waals surface area contributed by atoms with Crippen LogP contribution in [0.15, 0.2) is 60.7 Å². The molecule has 24 heavy (non-hydrogen) atoms. The second-order valence-electron chi connectivity index (χ2n) is 6.34. The topological polar surface area (TPSA) is 29.1 Å². The van der Waals surface area contributed by atoms with Gasteiger partial charge in [0.1, 0.15) is 5.78 Å². The highest BCUT2D eigenvalue weighted by Gasteiger charge is 2.19. The zero-order valence-electron chi connectivity index (χ0n) is 14.5. The summed E-state index contributed by atoms with van der Waals surface area (Å²) in [7, 11) is 1.92. The van der Waals surface area contributed by atoms with Gasteiger partial charge in [-0.2, -0.15) is 0 Å². The molecule has 0 bridgehead atoms. The van der Waals surface area contributed by atoms with E-state index in [0.717, 1.165) is 5.69 Å². The Morgan fingerprint density at radius 2 is 1.83 bits per heavy atom. The van der Waals surface area contributed by atoms with Crippen LogP contribution in [0.5, 0.6) is 0 Å². The molecule has 2 nitrogen and oxygen atoms in total. The van der Waals surface area contributed by atoms with Crippen molar-refractivity contribution in [2.45, 2.75) is 26.2 Å². The summed E-state index contributed by atoms with van der Waals surface area (Å²) in [4.78, 5) is 11.9. The average Bonchev–Trinajstić information content (AvgIpc) is 2.60. The van der Waals surface area contributed by atoms with Crippen LogP contribution in [-0.4, -0.2) is 12.8 Å². The Kier molecular flexibility index (Phi) is 4.66. The monoisotopic (exact) mass is 317 g/mol. The molecule has 3 aromatic rings. The summed E-state index contributed by atoms with van der Waals surface area (Å²) in [5.74, 6) is 0.294. The van der Waals surface area contributed by atoms with E-state index in [4.69, 9.17) is 0 Å². The number of hydrogen-bond acceptors (Lipinski definition) is 2. The Morgan fingerprint density at radius 3 is 2.58 bits per heavy atom. The molecule has 1 atom stereocenters. The maximum Gasteiger partial charge on any atom is 0.130 e. The van der Waals surface area contributed by atoms with Crippen LogP contribution in [-0.2, 0) is 4.79 Å². The Hall–Kier alpha value is -2.61. The van der Waals surface area contributed by atoms with Crippen LogP contribution < -0.4 is 5.32 Å². The van der Waals surface area contributed by atoms with Gasteiger partial charge in [-0.05, 0) is 53.4 Å². The molecule has 0 saturated carbocycles. The van der Waals surface area contributed by atoms with Gasteiger partial charge in [-0.15, -0.1) is 0 Å². The number of fused-ring (bicyclic) bond motifs is 1. The van der Waals surface area contributed by atoms with Gasteiger partial charge in [0.05, 0.1) is 0 Å². The number of aryl methyl sites for hydroxylation is 1. The number of hydrogen-bond donors (Lipinski definition) is 1. The molecule has 0 saturated heterocycles. The zero-order chi connectivity index (χ0) is 17.1. The van der Waals surface area contributed by atoms with E-state index in [1.807, 2.05) is 19.2 Å². The smallest absolute Gasteiger partial charge is 0.130 e. The maximum atomic E-state index is 11.9. The van der Waals surface area contributed by atoms with Crippen molar-refractivity contribution < 1.29 is 4.79 Å². The summed E-state index contributed by atoms with van der Waals surface area (Å²) in [6.07, 6.45) is 0.520. The third-order valence-corrected chi connectivity index (χ3v) is 4.68. The van der Waals surface area contributed by atoms with E-state index in [-0.39, 0.29) is 11.7 Å². The molecule has 0 spiro atoms. The van der Waals surface area contributed by atoms with Crippen LogP contribution in [0.1, 0.15) is 36.0 Å². The number of anilines is 1. The van der Waals surface area contributed by atoms with Gasteiger partial charge in [-0.3, -0.25) is 4.79 Å². The second-order valence-corrected chi connectivity index (χ2v) is 6.34. The van der Waals surface area contributed by atoms with Crippen molar-refractivity contribution in [3.63, 3.8) is 0 Å². The molecule has 0 aromatic heterocycles. The van der Waals surface area contributed by atoms with Crippen molar-refractivity contribution in [1.82, 2.24) is 0 Å². The van der Waals surface area contributed by atoms with E-state index in [1.165, 1.54) is 27.5 Å². The van der Waals surface area contributed by atoms with Crippen molar-refractivity contribution in [3.8, 4) is 0 Å². The number of ketones is 1. The van der Waals surface area contributed by atoms with Crippen molar-refractivity contribution in [3.05, 3.63) is 77.4 Å². The fourth-order valence-corrected chi connectivity index (χ4v) is 3.43. The van der Waals surface area contributed by atoms with E-state index < -0.39 is 0 Å². The molecule has 1 N–H and O–H groups in total. The van der Waals surface area contributed by atoms with E-state index in [2.05, 4.69) is 60.8 Å². The van der Waals surface area contributed by atoms with Crippen LogP contribution in [0.25, 0.3) is 10.8 Å². The van der Waals surface area contributed by atoms with Crippen LogP contribution in [0.4, 0.5) is 5.69 Å². The fourth-order valence-electron chi connectivity index (χ4n) is 3.43. The molecular weight excluding hydrogens is 294 g/mol. The molecule has 1 unspecified atom stereocenters. The first-order valence-corrected chi connectivity index (χ1v) is 8.35. The number of nitrogens with one attached hydrogen (secondary N) is 1. The second kappa shape index (κ2) is 6.88. The molecule has 0 radical (unpaired) electrons. The summed E-state index contributed by atoms with van der Waals surface area (Å²) >= 11 is 0. The Morgan fingerprint density at radius 1 is 1.04 bits per heavy atom. The lowest BCUT2D eigenvalue weighted by molar-refractivity contribution is -0.117. The molecule has 0 amide bonds. The first-order chi connectivity index (χ1) is 11.6. The summed E-state index contributed by atoms with van der Waals surface area (Å²) in [5.41, 5.74) is 4.74. The van der Waals surface area contributed by atoms with Crippen LogP contribution >= 0.6 is 0 Å². The number of rotatable bonds is 5. The van der Waals surface area contributed by atoms with Crippen LogP contribution in [0.3, 0.4) is 0 Å². The molecule has 3 rings (SSSR count). The number of Topliss-reactive ketones (excluding diaryl/α,β-unsaturated/α-hetero) is 1. The zero-order valence-corrected chi connectivity index (χ0v) is 14.5. The van der Waals surface area contributed by atoms with Gasteiger partial charge in [-0.25, -0.2) is 0 Å². The maximum absolute atomic E-state index is 11.9.